The molecule has 2 heterocycles. The third-order valence-electron chi connectivity index (χ3n) is 3.26. The number of nitrogens with zero attached hydrogens (tertiary/aromatic N) is 2. The van der Waals surface area contributed by atoms with E-state index >= 15 is 0 Å². The van der Waals surface area contributed by atoms with Gasteiger partial charge in [0.15, 0.2) is 0 Å². The van der Waals surface area contributed by atoms with Gasteiger partial charge in [-0.15, -0.1) is 11.3 Å². The minimum atomic E-state index is 0.689. The summed E-state index contributed by atoms with van der Waals surface area (Å²) in [6, 6.07) is 0.689. The van der Waals surface area contributed by atoms with Crippen molar-refractivity contribution < 1.29 is 0 Å². The predicted octanol–water partition coefficient (Wildman–Crippen LogP) is 1.62. The van der Waals surface area contributed by atoms with Gasteiger partial charge in [-0.1, -0.05) is 13.8 Å². The number of rotatable bonds is 4. The first-order chi connectivity index (χ1) is 7.77. The molecule has 0 saturated carbocycles. The molecule has 2 rings (SSSR count). The smallest absolute Gasteiger partial charge is 0.0937 e. The summed E-state index contributed by atoms with van der Waals surface area (Å²) < 4.78 is 0. The van der Waals surface area contributed by atoms with E-state index in [-0.39, 0.29) is 0 Å². The molecular formula is C12H21N3S. The summed E-state index contributed by atoms with van der Waals surface area (Å²) in [5.74, 6) is 0.726. The van der Waals surface area contributed by atoms with Gasteiger partial charge in [0.2, 0.25) is 0 Å². The van der Waals surface area contributed by atoms with Gasteiger partial charge in [0.25, 0.3) is 0 Å². The second-order valence-electron chi connectivity index (χ2n) is 4.73. The highest BCUT2D eigenvalue weighted by atomic mass is 32.1. The van der Waals surface area contributed by atoms with E-state index in [2.05, 4.69) is 34.4 Å². The zero-order valence-corrected chi connectivity index (χ0v) is 11.0. The number of aromatic nitrogens is 1. The van der Waals surface area contributed by atoms with Gasteiger partial charge in [-0.3, -0.25) is 4.90 Å². The van der Waals surface area contributed by atoms with Crippen LogP contribution in [0.5, 0.6) is 0 Å². The maximum Gasteiger partial charge on any atom is 0.0937 e. The lowest BCUT2D eigenvalue weighted by Gasteiger charge is -2.38. The van der Waals surface area contributed by atoms with Gasteiger partial charge in [0, 0.05) is 50.2 Å². The number of thiazole rings is 1. The first-order valence-corrected chi connectivity index (χ1v) is 6.98. The van der Waals surface area contributed by atoms with Gasteiger partial charge in [0.1, 0.15) is 0 Å². The largest absolute Gasteiger partial charge is 0.314 e. The number of hydrogen-bond donors (Lipinski definition) is 1. The van der Waals surface area contributed by atoms with Crippen LogP contribution < -0.4 is 5.32 Å². The molecule has 0 aromatic carbocycles. The first-order valence-electron chi connectivity index (χ1n) is 6.10. The molecule has 1 saturated heterocycles. The maximum atomic E-state index is 4.35. The zero-order valence-electron chi connectivity index (χ0n) is 10.1. The lowest BCUT2D eigenvalue weighted by atomic mass is 10.0. The van der Waals surface area contributed by atoms with Gasteiger partial charge in [-0.25, -0.2) is 4.98 Å². The molecule has 0 radical (unpaired) electrons. The molecule has 90 valence electrons. The minimum absolute atomic E-state index is 0.689. The molecule has 4 heteroatoms. The highest BCUT2D eigenvalue weighted by Crippen LogP contribution is 2.14. The van der Waals surface area contributed by atoms with Crippen molar-refractivity contribution in [2.24, 2.45) is 5.92 Å². The Balaban J connectivity index is 1.86. The number of nitrogens with one attached hydrogen (secondary N) is 1. The van der Waals surface area contributed by atoms with Crippen molar-refractivity contribution in [3.05, 3.63) is 16.6 Å². The van der Waals surface area contributed by atoms with Crippen molar-refractivity contribution in [3.63, 3.8) is 0 Å². The monoisotopic (exact) mass is 239 g/mol. The van der Waals surface area contributed by atoms with Crippen LogP contribution >= 0.6 is 11.3 Å². The summed E-state index contributed by atoms with van der Waals surface area (Å²) in [5, 5.41) is 6.81. The predicted molar refractivity (Wildman–Crippen MR) is 68.9 cm³/mol. The van der Waals surface area contributed by atoms with Crippen LogP contribution in [-0.4, -0.2) is 42.1 Å². The molecular weight excluding hydrogens is 218 g/mol. The molecule has 0 spiro atoms. The highest BCUT2D eigenvalue weighted by molar-refractivity contribution is 7.09. The van der Waals surface area contributed by atoms with Crippen molar-refractivity contribution in [3.8, 4) is 0 Å². The molecule has 1 aromatic rings. The third kappa shape index (κ3) is 3.03. The Morgan fingerprint density at radius 1 is 1.62 bits per heavy atom. The lowest BCUT2D eigenvalue weighted by Crippen LogP contribution is -2.53. The van der Waals surface area contributed by atoms with Crippen molar-refractivity contribution >= 4 is 11.3 Å². The maximum absolute atomic E-state index is 4.35. The van der Waals surface area contributed by atoms with Crippen LogP contribution in [0, 0.1) is 5.92 Å². The fourth-order valence-corrected chi connectivity index (χ4v) is 2.93. The Bertz CT molecular complexity index is 297. The van der Waals surface area contributed by atoms with Gasteiger partial charge < -0.3 is 5.32 Å². The third-order valence-corrected chi connectivity index (χ3v) is 4.10. The van der Waals surface area contributed by atoms with Crippen LogP contribution in [0.3, 0.4) is 0 Å². The summed E-state index contributed by atoms with van der Waals surface area (Å²) in [4.78, 5) is 6.96. The van der Waals surface area contributed by atoms with Crippen LogP contribution in [0.15, 0.2) is 11.6 Å². The van der Waals surface area contributed by atoms with Crippen LogP contribution in [0.4, 0.5) is 0 Å². The van der Waals surface area contributed by atoms with Crippen molar-refractivity contribution in [1.82, 2.24) is 15.2 Å². The molecule has 16 heavy (non-hydrogen) atoms. The van der Waals surface area contributed by atoms with E-state index in [9.17, 15) is 0 Å². The summed E-state index contributed by atoms with van der Waals surface area (Å²) in [7, 11) is 0. The van der Waals surface area contributed by atoms with Gasteiger partial charge in [0.05, 0.1) is 5.01 Å². The molecule has 1 unspecified atom stereocenters. The average Bonchev–Trinajstić information content (AvgIpc) is 2.79. The Morgan fingerprint density at radius 3 is 3.19 bits per heavy atom. The first kappa shape index (κ1) is 12.0. The molecule has 1 N–H and O–H groups in total. The van der Waals surface area contributed by atoms with Gasteiger partial charge in [-0.05, 0) is 5.92 Å². The van der Waals surface area contributed by atoms with Gasteiger partial charge >= 0.3 is 0 Å². The van der Waals surface area contributed by atoms with E-state index in [0.717, 1.165) is 32.0 Å². The Labute approximate surface area is 102 Å². The molecule has 1 aliphatic rings. The van der Waals surface area contributed by atoms with E-state index < -0.39 is 0 Å². The SMILES string of the molecule is CC(C)C1CNCCN1CCc1nccs1. The molecule has 1 atom stereocenters. The molecule has 0 bridgehead atoms. The summed E-state index contributed by atoms with van der Waals surface area (Å²) in [6.07, 6.45) is 3.00. The van der Waals surface area contributed by atoms with E-state index in [1.165, 1.54) is 11.6 Å². The second kappa shape index (κ2) is 5.75. The second-order valence-corrected chi connectivity index (χ2v) is 5.71. The van der Waals surface area contributed by atoms with Crippen LogP contribution in [0.25, 0.3) is 0 Å². The standard InChI is InChI=1S/C12H21N3S/c1-10(2)11-9-13-4-7-15(11)6-3-12-14-5-8-16-12/h5,8,10-11,13H,3-4,6-7,9H2,1-2H3. The molecule has 0 amide bonds. The molecule has 1 aromatic heterocycles. The average molecular weight is 239 g/mol. The van der Waals surface area contributed by atoms with Crippen LogP contribution in [0.2, 0.25) is 0 Å². The fourth-order valence-electron chi connectivity index (χ4n) is 2.32. The summed E-state index contributed by atoms with van der Waals surface area (Å²) >= 11 is 1.77. The quantitative estimate of drug-likeness (QED) is 0.865. The lowest BCUT2D eigenvalue weighted by molar-refractivity contribution is 0.126. The van der Waals surface area contributed by atoms with Crippen LogP contribution in [-0.2, 0) is 6.42 Å². The minimum Gasteiger partial charge on any atom is -0.314 e. The van der Waals surface area contributed by atoms with E-state index in [0.29, 0.717) is 6.04 Å². The molecule has 0 aliphatic carbocycles. The summed E-state index contributed by atoms with van der Waals surface area (Å²) in [5.41, 5.74) is 0. The number of piperazine rings is 1. The normalized spacial score (nSPS) is 22.8. The number of hydrogen-bond acceptors (Lipinski definition) is 4. The molecule has 1 fully saturated rings. The zero-order chi connectivity index (χ0) is 11.4. The Kier molecular flexibility index (Phi) is 4.32. The van der Waals surface area contributed by atoms with E-state index in [1.807, 2.05) is 6.20 Å². The Hall–Kier alpha value is -0.450. The van der Waals surface area contributed by atoms with E-state index in [1.54, 1.807) is 11.3 Å². The van der Waals surface area contributed by atoms with Crippen molar-refractivity contribution in [1.29, 1.82) is 0 Å². The molecule has 3 nitrogen and oxygen atoms in total. The topological polar surface area (TPSA) is 28.2 Å². The van der Waals surface area contributed by atoms with Crippen molar-refractivity contribution in [2.45, 2.75) is 26.3 Å². The summed E-state index contributed by atoms with van der Waals surface area (Å²) in [6.45, 7) is 9.21. The highest BCUT2D eigenvalue weighted by Gasteiger charge is 2.24. The molecule has 1 aliphatic heterocycles. The van der Waals surface area contributed by atoms with Crippen LogP contribution in [0.1, 0.15) is 18.9 Å². The van der Waals surface area contributed by atoms with Crippen molar-refractivity contribution in [2.75, 3.05) is 26.2 Å². The Morgan fingerprint density at radius 2 is 2.50 bits per heavy atom. The van der Waals surface area contributed by atoms with E-state index in [4.69, 9.17) is 0 Å². The fraction of sp³-hybridized carbons (Fsp3) is 0.750. The van der Waals surface area contributed by atoms with Gasteiger partial charge in [-0.2, -0.15) is 0 Å².